The van der Waals surface area contributed by atoms with E-state index in [0.29, 0.717) is 18.4 Å². The molecule has 1 heterocycles. The lowest BCUT2D eigenvalue weighted by molar-refractivity contribution is -0.139. The Morgan fingerprint density at radius 1 is 0.731 bits per heavy atom. The van der Waals surface area contributed by atoms with Gasteiger partial charge in [-0.25, -0.2) is 4.98 Å². The molecule has 3 aromatic rings. The number of amides is 7. The number of aryl methyl sites for hydroxylation is 1. The van der Waals surface area contributed by atoms with Crippen LogP contribution in [0.1, 0.15) is 94.3 Å². The van der Waals surface area contributed by atoms with E-state index in [9.17, 15) is 43.5 Å². The minimum Gasteiger partial charge on any atom is -0.394 e. The number of nitrogens with zero attached hydrogens (tertiary/aromatic N) is 1. The van der Waals surface area contributed by atoms with E-state index in [1.807, 2.05) is 39.8 Å². The monoisotopic (exact) mass is 948 g/mol. The molecule has 2 aromatic carbocycles. The molecule has 0 spiro atoms. The number of aromatic nitrogens is 1. The molecule has 18 nitrogen and oxygen atoms in total. The van der Waals surface area contributed by atoms with Crippen molar-refractivity contribution in [3.05, 3.63) is 100 Å². The Bertz CT molecular complexity index is 2180. The minimum atomic E-state index is -1.56. The molecule has 1 unspecified atom stereocenters. The van der Waals surface area contributed by atoms with Gasteiger partial charge in [0.05, 0.1) is 31.4 Å². The Morgan fingerprint density at radius 2 is 1.31 bits per heavy atom. The maximum Gasteiger partial charge on any atom is 0.287 e. The average Bonchev–Trinajstić information content (AvgIpc) is 3.27. The number of carbonyl (C=O) groups is 8. The fourth-order valence-corrected chi connectivity index (χ4v) is 7.05. The summed E-state index contributed by atoms with van der Waals surface area (Å²) in [5.74, 6) is -7.17. The first-order valence-corrected chi connectivity index (χ1v) is 22.6. The van der Waals surface area contributed by atoms with Gasteiger partial charge < -0.3 is 47.5 Å². The van der Waals surface area contributed by atoms with Gasteiger partial charge in [0, 0.05) is 12.6 Å². The van der Waals surface area contributed by atoms with Gasteiger partial charge in [-0.3, -0.25) is 38.4 Å². The molecule has 0 aliphatic carbocycles. The number of hydrogen-bond acceptors (Lipinski definition) is 11. The summed E-state index contributed by atoms with van der Waals surface area (Å²) in [5.41, 5.74) is 6.46. The number of Topliss-reactive ketones (excluding diaryl/α,β-unsaturated/α-hetero) is 1. The standard InChI is InChI=1S/C48H65ClN8O10/c1-8-9-21-33(38(59)41(50)60)52-43(62)34(23-28(2)3)54-47(66)39(48(5,6)7)57-44(63)35(24-31-19-14-13-16-29(31)4)53-46(65)37(27-67-26-30-17-11-10-12-18-30)56-45(64)36(25-58)55-42(61)32-20-15-22-51-40(32)49/h10-20,22,28,33-37,39,58H,8-9,21,23-27H2,1-7H3,(H2,50,60)(H,52,62)(H,53,65)(H,54,66)(H,55,61)(H,56,64)(H,57,63)/t33?,34-,35-,36-,37+,39+/m0/s1. The molecule has 0 saturated carbocycles. The van der Waals surface area contributed by atoms with Crippen molar-refractivity contribution in [1.82, 2.24) is 36.9 Å². The van der Waals surface area contributed by atoms with Gasteiger partial charge in [-0.2, -0.15) is 0 Å². The second-order valence-electron chi connectivity index (χ2n) is 17.7. The number of unbranched alkanes of at least 4 members (excludes halogenated alkanes) is 1. The van der Waals surface area contributed by atoms with Crippen LogP contribution < -0.4 is 37.6 Å². The molecule has 67 heavy (non-hydrogen) atoms. The molecule has 0 fully saturated rings. The Hall–Kier alpha value is -6.24. The Morgan fingerprint density at radius 3 is 1.91 bits per heavy atom. The molecular weight excluding hydrogens is 884 g/mol. The van der Waals surface area contributed by atoms with Crippen LogP contribution in [0.3, 0.4) is 0 Å². The summed E-state index contributed by atoms with van der Waals surface area (Å²) in [6, 6.07) is 10.9. The van der Waals surface area contributed by atoms with Crippen LogP contribution in [0.2, 0.25) is 5.15 Å². The van der Waals surface area contributed by atoms with Crippen LogP contribution in [0.4, 0.5) is 0 Å². The van der Waals surface area contributed by atoms with Gasteiger partial charge in [0.2, 0.25) is 35.3 Å². The summed E-state index contributed by atoms with van der Waals surface area (Å²) < 4.78 is 5.88. The average molecular weight is 950 g/mol. The van der Waals surface area contributed by atoms with E-state index in [2.05, 4.69) is 36.9 Å². The van der Waals surface area contributed by atoms with Gasteiger partial charge >= 0.3 is 0 Å². The Kier molecular flexibility index (Phi) is 22.0. The van der Waals surface area contributed by atoms with Gasteiger partial charge in [-0.1, -0.05) is 121 Å². The first-order chi connectivity index (χ1) is 31.7. The fraction of sp³-hybridized carbons (Fsp3) is 0.479. The van der Waals surface area contributed by atoms with Crippen LogP contribution in [0.5, 0.6) is 0 Å². The van der Waals surface area contributed by atoms with Crippen molar-refractivity contribution >= 4 is 58.7 Å². The number of carbonyl (C=O) groups excluding carboxylic acids is 8. The molecule has 6 atom stereocenters. The van der Waals surface area contributed by atoms with Gasteiger partial charge in [-0.05, 0) is 59.9 Å². The highest BCUT2D eigenvalue weighted by atomic mass is 35.5. The summed E-state index contributed by atoms with van der Waals surface area (Å²) >= 11 is 6.08. The largest absolute Gasteiger partial charge is 0.394 e. The van der Waals surface area contributed by atoms with Crippen LogP contribution in [-0.2, 0) is 51.3 Å². The normalized spacial score (nSPS) is 14.0. The van der Waals surface area contributed by atoms with E-state index >= 15 is 0 Å². The van der Waals surface area contributed by atoms with E-state index in [1.165, 1.54) is 18.3 Å². The second-order valence-corrected chi connectivity index (χ2v) is 18.1. The smallest absolute Gasteiger partial charge is 0.287 e. The highest BCUT2D eigenvalue weighted by Gasteiger charge is 2.39. The molecule has 3 rings (SSSR count). The number of pyridine rings is 1. The molecule has 0 aliphatic rings. The second kappa shape index (κ2) is 26.8. The van der Waals surface area contributed by atoms with Crippen molar-refractivity contribution in [3.63, 3.8) is 0 Å². The molecule has 0 saturated heterocycles. The van der Waals surface area contributed by atoms with Crippen LogP contribution >= 0.6 is 11.6 Å². The van der Waals surface area contributed by atoms with E-state index in [-0.39, 0.29) is 42.5 Å². The van der Waals surface area contributed by atoms with Crippen molar-refractivity contribution < 1.29 is 48.2 Å². The summed E-state index contributed by atoms with van der Waals surface area (Å²) in [5, 5.41) is 25.8. The third kappa shape index (κ3) is 17.8. The van der Waals surface area contributed by atoms with Crippen LogP contribution in [0, 0.1) is 18.3 Å². The number of primary amides is 1. The van der Waals surface area contributed by atoms with E-state index in [4.69, 9.17) is 22.1 Å². The SMILES string of the molecule is CCCCC(NC(=O)[C@H](CC(C)C)NC(=O)[C@@H](NC(=O)[C@H](Cc1ccccc1C)NC(=O)[C@@H](COCc1ccccc1)NC(=O)[C@H](CO)NC(=O)c1cccnc1Cl)C(C)(C)C)C(=O)C(N)=O. The van der Waals surface area contributed by atoms with Crippen LogP contribution in [0.25, 0.3) is 0 Å². The van der Waals surface area contributed by atoms with Crippen molar-refractivity contribution in [2.75, 3.05) is 13.2 Å². The number of nitrogens with one attached hydrogen (secondary N) is 6. The molecular formula is C48H65ClN8O10. The van der Waals surface area contributed by atoms with E-state index in [0.717, 1.165) is 11.1 Å². The van der Waals surface area contributed by atoms with E-state index < -0.39 is 102 Å². The van der Waals surface area contributed by atoms with Gasteiger partial charge in [0.25, 0.3) is 11.8 Å². The number of ether oxygens (including phenoxy) is 1. The Labute approximate surface area is 396 Å². The van der Waals surface area contributed by atoms with Gasteiger partial charge in [-0.15, -0.1) is 0 Å². The van der Waals surface area contributed by atoms with Crippen molar-refractivity contribution in [1.29, 1.82) is 0 Å². The quantitative estimate of drug-likeness (QED) is 0.0427. The molecule has 0 radical (unpaired) electrons. The number of benzene rings is 2. The van der Waals surface area contributed by atoms with Crippen molar-refractivity contribution in [3.8, 4) is 0 Å². The molecule has 0 bridgehead atoms. The summed E-state index contributed by atoms with van der Waals surface area (Å²) in [7, 11) is 0. The van der Waals surface area contributed by atoms with Gasteiger partial charge in [0.1, 0.15) is 35.4 Å². The maximum atomic E-state index is 14.5. The molecule has 7 amide bonds. The zero-order valence-corrected chi connectivity index (χ0v) is 39.9. The van der Waals surface area contributed by atoms with Crippen LogP contribution in [-0.4, -0.2) is 107 Å². The number of aliphatic hydroxyl groups excluding tert-OH is 1. The first kappa shape index (κ1) is 55.1. The maximum absolute atomic E-state index is 14.5. The number of rotatable bonds is 26. The predicted molar refractivity (Wildman–Crippen MR) is 251 cm³/mol. The summed E-state index contributed by atoms with van der Waals surface area (Å²) in [6.45, 7) is 11.2. The third-order valence-electron chi connectivity index (χ3n) is 10.6. The highest BCUT2D eigenvalue weighted by molar-refractivity contribution is 6.37. The lowest BCUT2D eigenvalue weighted by atomic mass is 9.85. The summed E-state index contributed by atoms with van der Waals surface area (Å²) in [6.07, 6.45) is 2.78. The number of ketones is 1. The van der Waals surface area contributed by atoms with Crippen molar-refractivity contribution in [2.45, 2.75) is 123 Å². The molecule has 364 valence electrons. The number of aliphatic hydroxyl groups is 1. The zero-order valence-electron chi connectivity index (χ0n) is 39.2. The fourth-order valence-electron chi connectivity index (χ4n) is 6.85. The lowest BCUT2D eigenvalue weighted by Gasteiger charge is -2.34. The van der Waals surface area contributed by atoms with Crippen LogP contribution in [0.15, 0.2) is 72.9 Å². The molecule has 1 aromatic heterocycles. The molecule has 19 heteroatoms. The van der Waals surface area contributed by atoms with Gasteiger partial charge in [0.15, 0.2) is 0 Å². The van der Waals surface area contributed by atoms with E-state index in [1.54, 1.807) is 63.2 Å². The highest BCUT2D eigenvalue weighted by Crippen LogP contribution is 2.21. The lowest BCUT2D eigenvalue weighted by Crippen LogP contribution is -2.62. The first-order valence-electron chi connectivity index (χ1n) is 22.2. The summed E-state index contributed by atoms with van der Waals surface area (Å²) in [4.78, 5) is 112. The molecule has 9 N–H and O–H groups in total. The van der Waals surface area contributed by atoms with Crippen molar-refractivity contribution in [2.24, 2.45) is 17.1 Å². The topological polar surface area (TPSA) is 277 Å². The number of nitrogens with two attached hydrogens (primary N) is 1. The number of hydrogen-bond donors (Lipinski definition) is 8. The zero-order chi connectivity index (χ0) is 49.8. The molecule has 0 aliphatic heterocycles. The number of halogens is 1. The third-order valence-corrected chi connectivity index (χ3v) is 10.9. The predicted octanol–water partition coefficient (Wildman–Crippen LogP) is 2.35. The minimum absolute atomic E-state index is 0.0341. The Balaban J connectivity index is 1.95.